The maximum atomic E-state index is 6.23. The SMILES string of the molecule is Clc1ccc2c(c1)c1c(n2CCN2CCCC2)CCCC1. The Hall–Kier alpha value is -0.990. The van der Waals surface area contributed by atoms with Crippen LogP contribution in [0.5, 0.6) is 0 Å². The van der Waals surface area contributed by atoms with Gasteiger partial charge < -0.3 is 9.47 Å². The molecule has 2 aromatic rings. The van der Waals surface area contributed by atoms with Gasteiger partial charge in [-0.3, -0.25) is 0 Å². The van der Waals surface area contributed by atoms with Crippen molar-refractivity contribution in [2.45, 2.75) is 45.1 Å². The number of halogens is 1. The van der Waals surface area contributed by atoms with E-state index in [9.17, 15) is 0 Å². The van der Waals surface area contributed by atoms with Crippen molar-refractivity contribution >= 4 is 22.5 Å². The largest absolute Gasteiger partial charge is 0.343 e. The molecular formula is C18H23ClN2. The maximum Gasteiger partial charge on any atom is 0.0486 e. The lowest BCUT2D eigenvalue weighted by Gasteiger charge is -2.19. The third-order valence-electron chi connectivity index (χ3n) is 5.18. The zero-order chi connectivity index (χ0) is 14.2. The summed E-state index contributed by atoms with van der Waals surface area (Å²) >= 11 is 6.23. The number of hydrogen-bond acceptors (Lipinski definition) is 1. The Morgan fingerprint density at radius 3 is 2.62 bits per heavy atom. The standard InChI is InChI=1S/C18H23ClN2/c19-14-7-8-18-16(13-14)15-5-1-2-6-17(15)21(18)12-11-20-9-3-4-10-20/h7-8,13H,1-6,9-12H2. The Balaban J connectivity index is 1.72. The summed E-state index contributed by atoms with van der Waals surface area (Å²) in [6.45, 7) is 4.90. The molecule has 1 aromatic heterocycles. The highest BCUT2D eigenvalue weighted by atomic mass is 35.5. The second-order valence-electron chi connectivity index (χ2n) is 6.49. The first-order valence-electron chi connectivity index (χ1n) is 8.35. The van der Waals surface area contributed by atoms with Gasteiger partial charge in [0.2, 0.25) is 0 Å². The van der Waals surface area contributed by atoms with Crippen LogP contribution in [0.25, 0.3) is 10.9 Å². The van der Waals surface area contributed by atoms with Crippen LogP contribution in [0.1, 0.15) is 36.9 Å². The van der Waals surface area contributed by atoms with Crippen LogP contribution in [0.3, 0.4) is 0 Å². The van der Waals surface area contributed by atoms with Crippen molar-refractivity contribution in [2.75, 3.05) is 19.6 Å². The predicted molar refractivity (Wildman–Crippen MR) is 89.3 cm³/mol. The van der Waals surface area contributed by atoms with Crippen LogP contribution in [0.4, 0.5) is 0 Å². The quantitative estimate of drug-likeness (QED) is 0.822. The zero-order valence-corrected chi connectivity index (χ0v) is 13.3. The first kappa shape index (κ1) is 13.7. The van der Waals surface area contributed by atoms with Crippen molar-refractivity contribution in [2.24, 2.45) is 0 Å². The molecule has 0 bridgehead atoms. The number of hydrogen-bond donors (Lipinski definition) is 0. The van der Waals surface area contributed by atoms with Gasteiger partial charge in [-0.15, -0.1) is 0 Å². The first-order chi connectivity index (χ1) is 10.3. The smallest absolute Gasteiger partial charge is 0.0486 e. The summed E-state index contributed by atoms with van der Waals surface area (Å²) in [5.74, 6) is 0. The molecule has 0 N–H and O–H groups in total. The van der Waals surface area contributed by atoms with Gasteiger partial charge in [-0.2, -0.15) is 0 Å². The Bertz CT molecular complexity index is 653. The van der Waals surface area contributed by atoms with Crippen LogP contribution in [0.2, 0.25) is 5.02 Å². The lowest BCUT2D eigenvalue weighted by Crippen LogP contribution is -2.25. The number of aromatic nitrogens is 1. The molecule has 0 spiro atoms. The first-order valence-corrected chi connectivity index (χ1v) is 8.72. The molecule has 1 aliphatic heterocycles. The van der Waals surface area contributed by atoms with Crippen LogP contribution >= 0.6 is 11.6 Å². The molecule has 4 rings (SSSR count). The highest BCUT2D eigenvalue weighted by molar-refractivity contribution is 6.31. The highest BCUT2D eigenvalue weighted by Crippen LogP contribution is 2.33. The van der Waals surface area contributed by atoms with E-state index in [1.807, 2.05) is 6.07 Å². The van der Waals surface area contributed by atoms with Gasteiger partial charge in [0.25, 0.3) is 0 Å². The molecule has 2 aliphatic rings. The van der Waals surface area contributed by atoms with Crippen molar-refractivity contribution in [1.82, 2.24) is 9.47 Å². The van der Waals surface area contributed by atoms with E-state index in [0.29, 0.717) is 0 Å². The summed E-state index contributed by atoms with van der Waals surface area (Å²) < 4.78 is 2.58. The molecule has 0 unspecified atom stereocenters. The van der Waals surface area contributed by atoms with Gasteiger partial charge in [-0.05, 0) is 75.4 Å². The Morgan fingerprint density at radius 2 is 1.76 bits per heavy atom. The lowest BCUT2D eigenvalue weighted by atomic mass is 9.95. The molecule has 112 valence electrons. The summed E-state index contributed by atoms with van der Waals surface area (Å²) in [5, 5.41) is 2.27. The van der Waals surface area contributed by atoms with E-state index in [-0.39, 0.29) is 0 Å². The fraction of sp³-hybridized carbons (Fsp3) is 0.556. The van der Waals surface area contributed by atoms with E-state index in [1.165, 1.54) is 69.1 Å². The van der Waals surface area contributed by atoms with E-state index in [2.05, 4.69) is 21.6 Å². The average Bonchev–Trinajstić information content (AvgIpc) is 3.11. The van der Waals surface area contributed by atoms with Crippen LogP contribution in [0.15, 0.2) is 18.2 Å². The molecule has 0 atom stereocenters. The van der Waals surface area contributed by atoms with Gasteiger partial charge in [0, 0.05) is 34.7 Å². The summed E-state index contributed by atoms with van der Waals surface area (Å²) in [6, 6.07) is 6.44. The number of rotatable bonds is 3. The van der Waals surface area contributed by atoms with E-state index in [1.54, 1.807) is 11.3 Å². The van der Waals surface area contributed by atoms with Gasteiger partial charge in [0.05, 0.1) is 0 Å². The lowest BCUT2D eigenvalue weighted by molar-refractivity contribution is 0.322. The van der Waals surface area contributed by atoms with Crippen molar-refractivity contribution in [3.63, 3.8) is 0 Å². The third kappa shape index (κ3) is 2.49. The molecule has 1 aromatic carbocycles. The second-order valence-corrected chi connectivity index (χ2v) is 6.93. The number of nitrogens with zero attached hydrogens (tertiary/aromatic N) is 2. The van der Waals surface area contributed by atoms with Crippen LogP contribution in [-0.2, 0) is 19.4 Å². The number of benzene rings is 1. The second kappa shape index (κ2) is 5.66. The van der Waals surface area contributed by atoms with E-state index in [0.717, 1.165) is 11.6 Å². The van der Waals surface area contributed by atoms with Gasteiger partial charge in [-0.1, -0.05) is 11.6 Å². The monoisotopic (exact) mass is 302 g/mol. The molecule has 21 heavy (non-hydrogen) atoms. The van der Waals surface area contributed by atoms with Crippen LogP contribution in [-0.4, -0.2) is 29.1 Å². The summed E-state index contributed by atoms with van der Waals surface area (Å²) in [6.07, 6.45) is 7.87. The molecule has 1 aliphatic carbocycles. The predicted octanol–water partition coefficient (Wildman–Crippen LogP) is 4.27. The minimum absolute atomic E-state index is 0.868. The zero-order valence-electron chi connectivity index (χ0n) is 12.6. The van der Waals surface area contributed by atoms with Gasteiger partial charge in [-0.25, -0.2) is 0 Å². The minimum atomic E-state index is 0.868. The van der Waals surface area contributed by atoms with Gasteiger partial charge >= 0.3 is 0 Å². The Labute approximate surface area is 131 Å². The molecule has 2 nitrogen and oxygen atoms in total. The van der Waals surface area contributed by atoms with Crippen LogP contribution in [0, 0.1) is 0 Å². The topological polar surface area (TPSA) is 8.17 Å². The minimum Gasteiger partial charge on any atom is -0.343 e. The van der Waals surface area contributed by atoms with Crippen molar-refractivity contribution in [3.8, 4) is 0 Å². The van der Waals surface area contributed by atoms with Gasteiger partial charge in [0.1, 0.15) is 0 Å². The van der Waals surface area contributed by atoms with Crippen molar-refractivity contribution in [1.29, 1.82) is 0 Å². The maximum absolute atomic E-state index is 6.23. The third-order valence-corrected chi connectivity index (χ3v) is 5.41. The normalized spacial score (nSPS) is 19.3. The fourth-order valence-corrected chi connectivity index (χ4v) is 4.28. The molecule has 1 saturated heterocycles. The summed E-state index contributed by atoms with van der Waals surface area (Å²) in [7, 11) is 0. The number of likely N-dealkylation sites (tertiary alicyclic amines) is 1. The van der Waals surface area contributed by atoms with E-state index in [4.69, 9.17) is 11.6 Å². The Morgan fingerprint density at radius 1 is 0.952 bits per heavy atom. The van der Waals surface area contributed by atoms with E-state index < -0.39 is 0 Å². The number of aryl methyl sites for hydroxylation is 1. The van der Waals surface area contributed by atoms with Crippen LogP contribution < -0.4 is 0 Å². The molecular weight excluding hydrogens is 280 g/mol. The summed E-state index contributed by atoms with van der Waals surface area (Å²) in [5.41, 5.74) is 4.54. The highest BCUT2D eigenvalue weighted by Gasteiger charge is 2.20. The molecule has 0 amide bonds. The summed E-state index contributed by atoms with van der Waals surface area (Å²) in [4.78, 5) is 2.61. The van der Waals surface area contributed by atoms with Crippen molar-refractivity contribution in [3.05, 3.63) is 34.5 Å². The van der Waals surface area contributed by atoms with Gasteiger partial charge in [0.15, 0.2) is 0 Å². The number of fused-ring (bicyclic) bond motifs is 3. The fourth-order valence-electron chi connectivity index (χ4n) is 4.11. The molecule has 3 heteroatoms. The molecule has 0 saturated carbocycles. The van der Waals surface area contributed by atoms with Crippen molar-refractivity contribution < 1.29 is 0 Å². The molecule has 0 radical (unpaired) electrons. The molecule has 1 fully saturated rings. The average molecular weight is 303 g/mol. The molecule has 2 heterocycles. The van der Waals surface area contributed by atoms with E-state index >= 15 is 0 Å². The Kier molecular flexibility index (Phi) is 3.68.